The van der Waals surface area contributed by atoms with Crippen LogP contribution in [0.4, 0.5) is 18.2 Å². The van der Waals surface area contributed by atoms with Crippen molar-refractivity contribution in [3.8, 4) is 0 Å². The van der Waals surface area contributed by atoms with Crippen LogP contribution >= 0.6 is 11.3 Å². The molecule has 0 bridgehead atoms. The number of nitrogens with two attached hydrogens (primary N) is 1. The van der Waals surface area contributed by atoms with Gasteiger partial charge in [0.05, 0.1) is 5.00 Å². The molecule has 0 aliphatic rings. The Hall–Kier alpha value is -2.09. The van der Waals surface area contributed by atoms with E-state index < -0.39 is 18.0 Å². The lowest BCUT2D eigenvalue weighted by Crippen LogP contribution is -2.29. The molecule has 8 heteroatoms. The zero-order chi connectivity index (χ0) is 14.2. The predicted octanol–water partition coefficient (Wildman–Crippen LogP) is 2.50. The Morgan fingerprint density at radius 2 is 1.89 bits per heavy atom. The molecule has 100 valence electrons. The number of benzene rings is 1. The third kappa shape index (κ3) is 2.84. The summed E-state index contributed by atoms with van der Waals surface area (Å²) in [5, 5.41) is 2.35. The molecule has 2 rings (SSSR count). The second-order valence-electron chi connectivity index (χ2n) is 3.68. The number of primary amides is 1. The fourth-order valence-corrected chi connectivity index (χ4v) is 2.38. The second kappa shape index (κ2) is 4.54. The first-order valence-electron chi connectivity index (χ1n) is 4.99. The molecule has 0 aliphatic heterocycles. The molecular formula is C11H7F3N2O2S. The number of hydrogen-bond donors (Lipinski definition) is 2. The van der Waals surface area contributed by atoms with Gasteiger partial charge in [0.1, 0.15) is 0 Å². The van der Waals surface area contributed by atoms with E-state index in [2.05, 4.69) is 0 Å². The minimum Gasteiger partial charge on any atom is -0.366 e. The highest BCUT2D eigenvalue weighted by Gasteiger charge is 2.38. The molecule has 4 nitrogen and oxygen atoms in total. The Labute approximate surface area is 109 Å². The molecule has 0 unspecified atom stereocenters. The zero-order valence-corrected chi connectivity index (χ0v) is 10.1. The van der Waals surface area contributed by atoms with E-state index in [9.17, 15) is 22.8 Å². The molecule has 2 amide bonds. The van der Waals surface area contributed by atoms with Gasteiger partial charge >= 0.3 is 12.1 Å². The summed E-state index contributed by atoms with van der Waals surface area (Å²) in [6.07, 6.45) is -4.94. The maximum Gasteiger partial charge on any atom is 0.471 e. The number of carbonyl (C=O) groups is 2. The second-order valence-corrected chi connectivity index (χ2v) is 4.76. The molecule has 0 atom stereocenters. The van der Waals surface area contributed by atoms with Crippen LogP contribution in [0.2, 0.25) is 0 Å². The lowest BCUT2D eigenvalue weighted by molar-refractivity contribution is -0.167. The molecule has 0 radical (unpaired) electrons. The maximum atomic E-state index is 12.1. The molecule has 19 heavy (non-hydrogen) atoms. The lowest BCUT2D eigenvalue weighted by atomic mass is 10.1. The maximum absolute atomic E-state index is 12.1. The third-order valence-electron chi connectivity index (χ3n) is 2.30. The van der Waals surface area contributed by atoms with E-state index in [0.717, 1.165) is 11.3 Å². The lowest BCUT2D eigenvalue weighted by Gasteiger charge is -2.04. The number of anilines is 1. The average Bonchev–Trinajstić information content (AvgIpc) is 2.68. The molecule has 1 heterocycles. The number of fused-ring (bicyclic) bond motifs is 1. The summed E-state index contributed by atoms with van der Waals surface area (Å²) in [4.78, 5) is 21.8. The molecule has 1 aromatic heterocycles. The van der Waals surface area contributed by atoms with Gasteiger partial charge in [-0.15, -0.1) is 11.3 Å². The fraction of sp³-hybridized carbons (Fsp3) is 0.0909. The van der Waals surface area contributed by atoms with E-state index in [1.165, 1.54) is 18.2 Å². The van der Waals surface area contributed by atoms with Crippen molar-refractivity contribution in [3.63, 3.8) is 0 Å². The molecule has 0 spiro atoms. The van der Waals surface area contributed by atoms with Crippen molar-refractivity contribution >= 4 is 38.2 Å². The Bertz CT molecular complexity index is 663. The fourth-order valence-electron chi connectivity index (χ4n) is 1.44. The van der Waals surface area contributed by atoms with Crippen LogP contribution in [0, 0.1) is 0 Å². The van der Waals surface area contributed by atoms with Crippen molar-refractivity contribution in [1.82, 2.24) is 0 Å². The largest absolute Gasteiger partial charge is 0.471 e. The summed E-state index contributed by atoms with van der Waals surface area (Å²) in [5.74, 6) is -2.66. The van der Waals surface area contributed by atoms with Crippen LogP contribution in [0.5, 0.6) is 0 Å². The summed E-state index contributed by atoms with van der Waals surface area (Å²) in [6.45, 7) is 0. The van der Waals surface area contributed by atoms with Crippen LogP contribution in [-0.2, 0) is 4.79 Å². The highest BCUT2D eigenvalue weighted by molar-refractivity contribution is 7.23. The standard InChI is InChI=1S/C11H7F3N2O2S/c12-11(13,14)10(18)16-8-4-6-3-5(9(15)17)1-2-7(6)19-8/h1-4H,(H2,15,17)(H,16,18). The monoisotopic (exact) mass is 288 g/mol. The average molecular weight is 288 g/mol. The Morgan fingerprint density at radius 3 is 2.47 bits per heavy atom. The highest BCUT2D eigenvalue weighted by atomic mass is 32.1. The first-order chi connectivity index (χ1) is 8.77. The van der Waals surface area contributed by atoms with E-state index in [4.69, 9.17) is 5.73 Å². The van der Waals surface area contributed by atoms with Crippen molar-refractivity contribution in [2.45, 2.75) is 6.18 Å². The van der Waals surface area contributed by atoms with Gasteiger partial charge in [-0.1, -0.05) is 0 Å². The van der Waals surface area contributed by atoms with Crippen molar-refractivity contribution in [2.24, 2.45) is 5.73 Å². The summed E-state index contributed by atoms with van der Waals surface area (Å²) in [5.41, 5.74) is 5.34. The van der Waals surface area contributed by atoms with Crippen LogP contribution in [0.15, 0.2) is 24.3 Å². The molecule has 1 aromatic carbocycles. The first-order valence-corrected chi connectivity index (χ1v) is 5.80. The molecule has 0 saturated heterocycles. The number of amides is 2. The topological polar surface area (TPSA) is 72.2 Å². The van der Waals surface area contributed by atoms with Crippen molar-refractivity contribution < 1.29 is 22.8 Å². The van der Waals surface area contributed by atoms with Crippen LogP contribution in [0.1, 0.15) is 10.4 Å². The van der Waals surface area contributed by atoms with Crippen LogP contribution < -0.4 is 11.1 Å². The summed E-state index contributed by atoms with van der Waals surface area (Å²) in [7, 11) is 0. The van der Waals surface area contributed by atoms with E-state index in [-0.39, 0.29) is 10.6 Å². The number of rotatable bonds is 2. The molecule has 0 aliphatic carbocycles. The number of halogens is 3. The molecule has 3 N–H and O–H groups in total. The Balaban J connectivity index is 2.32. The van der Waals surface area contributed by atoms with Gasteiger partial charge in [-0.3, -0.25) is 9.59 Å². The number of hydrogen-bond acceptors (Lipinski definition) is 3. The summed E-state index contributed by atoms with van der Waals surface area (Å²) >= 11 is 0.978. The highest BCUT2D eigenvalue weighted by Crippen LogP contribution is 2.31. The number of thiophene rings is 1. The smallest absolute Gasteiger partial charge is 0.366 e. The normalized spacial score (nSPS) is 11.5. The Kier molecular flexibility index (Phi) is 3.19. The molecule has 2 aromatic rings. The SMILES string of the molecule is NC(=O)c1ccc2sc(NC(=O)C(F)(F)F)cc2c1. The van der Waals surface area contributed by atoms with Gasteiger partial charge in [-0.05, 0) is 29.7 Å². The third-order valence-corrected chi connectivity index (χ3v) is 3.33. The molecular weight excluding hydrogens is 281 g/mol. The van der Waals surface area contributed by atoms with Crippen molar-refractivity contribution in [2.75, 3.05) is 5.32 Å². The van der Waals surface area contributed by atoms with Gasteiger partial charge < -0.3 is 11.1 Å². The number of carbonyl (C=O) groups excluding carboxylic acids is 2. The zero-order valence-electron chi connectivity index (χ0n) is 9.25. The van der Waals surface area contributed by atoms with Crippen LogP contribution in [-0.4, -0.2) is 18.0 Å². The predicted molar refractivity (Wildman–Crippen MR) is 65.0 cm³/mol. The van der Waals surface area contributed by atoms with Gasteiger partial charge in [0.25, 0.3) is 0 Å². The number of nitrogens with one attached hydrogen (secondary N) is 1. The van der Waals surface area contributed by atoms with E-state index in [1.807, 2.05) is 0 Å². The van der Waals surface area contributed by atoms with Gasteiger partial charge in [0.2, 0.25) is 5.91 Å². The molecule has 0 fully saturated rings. The van der Waals surface area contributed by atoms with Crippen molar-refractivity contribution in [1.29, 1.82) is 0 Å². The Morgan fingerprint density at radius 1 is 1.21 bits per heavy atom. The first kappa shape index (κ1) is 13.3. The minimum atomic E-state index is -4.94. The van der Waals surface area contributed by atoms with Gasteiger partial charge in [0, 0.05) is 10.3 Å². The van der Waals surface area contributed by atoms with Crippen LogP contribution in [0.3, 0.4) is 0 Å². The summed E-state index contributed by atoms with van der Waals surface area (Å²) < 4.78 is 36.9. The van der Waals surface area contributed by atoms with E-state index in [1.54, 1.807) is 11.4 Å². The molecule has 0 saturated carbocycles. The van der Waals surface area contributed by atoms with E-state index in [0.29, 0.717) is 10.1 Å². The van der Waals surface area contributed by atoms with Gasteiger partial charge in [0.15, 0.2) is 0 Å². The number of alkyl halides is 3. The van der Waals surface area contributed by atoms with Crippen molar-refractivity contribution in [3.05, 3.63) is 29.8 Å². The van der Waals surface area contributed by atoms with Gasteiger partial charge in [-0.25, -0.2) is 0 Å². The van der Waals surface area contributed by atoms with Gasteiger partial charge in [-0.2, -0.15) is 13.2 Å². The minimum absolute atomic E-state index is 0.0546. The summed E-state index contributed by atoms with van der Waals surface area (Å²) in [6, 6.07) is 5.84. The van der Waals surface area contributed by atoms with Crippen LogP contribution in [0.25, 0.3) is 10.1 Å². The van der Waals surface area contributed by atoms with E-state index >= 15 is 0 Å². The quantitative estimate of drug-likeness (QED) is 0.891.